The van der Waals surface area contributed by atoms with E-state index in [1.54, 1.807) is 13.8 Å². The molecule has 0 saturated carbocycles. The summed E-state index contributed by atoms with van der Waals surface area (Å²) in [6, 6.07) is 2.88. The summed E-state index contributed by atoms with van der Waals surface area (Å²) in [4.78, 5) is 31.7. The molecular formula is C31H38F5N7O2S. The third-order valence-corrected chi connectivity index (χ3v) is 9.39. The van der Waals surface area contributed by atoms with Crippen molar-refractivity contribution < 1.29 is 31.5 Å². The molecule has 2 aliphatic rings. The Morgan fingerprint density at radius 3 is 2.39 bits per heavy atom. The number of likely N-dealkylation sites (tertiary alicyclic amines) is 1. The number of aromatic nitrogens is 3. The highest BCUT2D eigenvalue weighted by atomic mass is 32.1. The summed E-state index contributed by atoms with van der Waals surface area (Å²) in [7, 11) is 0. The van der Waals surface area contributed by atoms with Crippen LogP contribution in [0.25, 0.3) is 11.3 Å². The number of alkyl halides is 3. The predicted molar refractivity (Wildman–Crippen MR) is 166 cm³/mol. The topological polar surface area (TPSA) is 86.7 Å². The lowest BCUT2D eigenvalue weighted by Crippen LogP contribution is -2.47. The maximum Gasteiger partial charge on any atom is 0.416 e. The number of hydrogen-bond donors (Lipinski definition) is 1. The second-order valence-corrected chi connectivity index (χ2v) is 12.8. The summed E-state index contributed by atoms with van der Waals surface area (Å²) in [5.41, 5.74) is -0.914. The van der Waals surface area contributed by atoms with Crippen molar-refractivity contribution >= 4 is 34.1 Å². The molecule has 2 fully saturated rings. The lowest BCUT2D eigenvalue weighted by atomic mass is 10.1. The van der Waals surface area contributed by atoms with Crippen molar-refractivity contribution in [2.24, 2.45) is 0 Å². The highest BCUT2D eigenvalue weighted by molar-refractivity contribution is 7.16. The molecule has 0 spiro atoms. The van der Waals surface area contributed by atoms with Crippen LogP contribution in [-0.4, -0.2) is 82.1 Å². The van der Waals surface area contributed by atoms with Gasteiger partial charge in [-0.05, 0) is 58.7 Å². The van der Waals surface area contributed by atoms with Gasteiger partial charge in [0.2, 0.25) is 5.82 Å². The molecule has 0 radical (unpaired) electrons. The van der Waals surface area contributed by atoms with Crippen molar-refractivity contribution in [1.82, 2.24) is 24.8 Å². The summed E-state index contributed by atoms with van der Waals surface area (Å²) in [6.07, 6.45) is -2.50. The Morgan fingerprint density at radius 2 is 1.74 bits per heavy atom. The molecule has 2 saturated heterocycles. The smallest absolute Gasteiger partial charge is 0.416 e. The van der Waals surface area contributed by atoms with Gasteiger partial charge < -0.3 is 15.0 Å². The van der Waals surface area contributed by atoms with Crippen molar-refractivity contribution in [3.8, 4) is 11.3 Å². The fourth-order valence-electron chi connectivity index (χ4n) is 5.96. The van der Waals surface area contributed by atoms with Gasteiger partial charge in [-0.2, -0.15) is 17.6 Å². The van der Waals surface area contributed by atoms with Gasteiger partial charge in [-0.1, -0.05) is 11.3 Å². The summed E-state index contributed by atoms with van der Waals surface area (Å²) < 4.78 is 76.2. The minimum Gasteiger partial charge on any atom is -0.466 e. The number of piperazine rings is 1. The first-order chi connectivity index (χ1) is 21.8. The number of thiazole rings is 1. The Morgan fingerprint density at radius 1 is 1.04 bits per heavy atom. The van der Waals surface area contributed by atoms with Crippen LogP contribution in [-0.2, 0) is 22.3 Å². The second kappa shape index (κ2) is 14.1. The Balaban J connectivity index is 1.40. The number of esters is 1. The van der Waals surface area contributed by atoms with Crippen LogP contribution in [0.2, 0.25) is 0 Å². The molecule has 5 rings (SSSR count). The molecule has 0 aliphatic carbocycles. The largest absolute Gasteiger partial charge is 0.466 e. The van der Waals surface area contributed by atoms with Crippen LogP contribution in [0.5, 0.6) is 0 Å². The van der Waals surface area contributed by atoms with Crippen molar-refractivity contribution in [1.29, 1.82) is 0 Å². The Labute approximate surface area is 268 Å². The molecule has 0 amide bonds. The molecule has 0 bridgehead atoms. The van der Waals surface area contributed by atoms with E-state index in [0.29, 0.717) is 62.6 Å². The molecule has 9 nitrogen and oxygen atoms in total. The number of carbonyl (C=O) groups excluding carboxylic acids is 1. The number of hydrogen-bond acceptors (Lipinski definition) is 10. The number of nitrogens with zero attached hydrogens (tertiary/aromatic N) is 6. The van der Waals surface area contributed by atoms with Crippen LogP contribution in [0.3, 0.4) is 0 Å². The van der Waals surface area contributed by atoms with E-state index in [-0.39, 0.29) is 52.5 Å². The van der Waals surface area contributed by atoms with Crippen LogP contribution in [0.4, 0.5) is 38.7 Å². The normalized spacial score (nSPS) is 19.5. The molecule has 2 aliphatic heterocycles. The number of anilines is 3. The number of ether oxygens (including phenoxy) is 1. The first-order valence-corrected chi connectivity index (χ1v) is 16.2. The van der Waals surface area contributed by atoms with Crippen LogP contribution >= 0.6 is 11.3 Å². The third-order valence-electron chi connectivity index (χ3n) is 8.44. The monoisotopic (exact) mass is 667 g/mol. The number of nitrogens with one attached hydrogen (secondary N) is 1. The van der Waals surface area contributed by atoms with Gasteiger partial charge in [0.1, 0.15) is 11.6 Å². The molecule has 46 heavy (non-hydrogen) atoms. The minimum absolute atomic E-state index is 0.00742. The van der Waals surface area contributed by atoms with Gasteiger partial charge >= 0.3 is 12.1 Å². The SMILES string of the molecule is CCOC(=O)CCN1CCN(c2nc(C)nc(Nc3nc(-c4cc(F)cc(C(F)(F)F)c4)c(CN4[C@H](C)CC[C@H]4C)s3)c2F)CC1. The summed E-state index contributed by atoms with van der Waals surface area (Å²) in [5, 5.41) is 3.16. The van der Waals surface area contributed by atoms with E-state index in [9.17, 15) is 22.4 Å². The van der Waals surface area contributed by atoms with Crippen molar-refractivity contribution in [2.75, 3.05) is 49.5 Å². The van der Waals surface area contributed by atoms with Gasteiger partial charge in [0.25, 0.3) is 0 Å². The minimum atomic E-state index is -4.74. The number of rotatable bonds is 10. The maximum absolute atomic E-state index is 15.9. The van der Waals surface area contributed by atoms with Gasteiger partial charge in [0.15, 0.2) is 16.8 Å². The van der Waals surface area contributed by atoms with E-state index in [0.717, 1.165) is 25.0 Å². The molecule has 4 heterocycles. The van der Waals surface area contributed by atoms with Crippen LogP contribution < -0.4 is 10.2 Å². The van der Waals surface area contributed by atoms with E-state index >= 15 is 4.39 Å². The second-order valence-electron chi connectivity index (χ2n) is 11.7. The van der Waals surface area contributed by atoms with E-state index in [1.165, 1.54) is 11.3 Å². The highest BCUT2D eigenvalue weighted by Gasteiger charge is 2.33. The van der Waals surface area contributed by atoms with E-state index in [2.05, 4.69) is 43.9 Å². The molecule has 250 valence electrons. The van der Waals surface area contributed by atoms with Gasteiger partial charge in [-0.15, -0.1) is 0 Å². The number of benzene rings is 1. The molecule has 2 aromatic heterocycles. The number of aryl methyl sites for hydroxylation is 1. The zero-order chi connectivity index (χ0) is 33.2. The molecular weight excluding hydrogens is 629 g/mol. The number of carbonyl (C=O) groups is 1. The molecule has 15 heteroatoms. The van der Waals surface area contributed by atoms with Crippen LogP contribution in [0.15, 0.2) is 18.2 Å². The average molecular weight is 668 g/mol. The molecule has 1 N–H and O–H groups in total. The maximum atomic E-state index is 15.9. The van der Waals surface area contributed by atoms with Gasteiger partial charge in [-0.3, -0.25) is 14.6 Å². The molecule has 0 unspecified atom stereocenters. The molecule has 2 atom stereocenters. The van der Waals surface area contributed by atoms with Gasteiger partial charge in [0, 0.05) is 61.8 Å². The lowest BCUT2D eigenvalue weighted by Gasteiger charge is -2.35. The van der Waals surface area contributed by atoms with E-state index in [1.807, 2.05) is 4.90 Å². The van der Waals surface area contributed by atoms with Crippen molar-refractivity contribution in [3.05, 3.63) is 46.1 Å². The van der Waals surface area contributed by atoms with Crippen LogP contribution in [0, 0.1) is 18.6 Å². The van der Waals surface area contributed by atoms with Gasteiger partial charge in [-0.25, -0.2) is 19.3 Å². The zero-order valence-electron chi connectivity index (χ0n) is 26.3. The van der Waals surface area contributed by atoms with E-state index in [4.69, 9.17) is 4.74 Å². The number of halogens is 5. The van der Waals surface area contributed by atoms with Crippen molar-refractivity contribution in [2.45, 2.75) is 71.8 Å². The summed E-state index contributed by atoms with van der Waals surface area (Å²) in [5.74, 6) is -1.64. The Bertz CT molecular complexity index is 1530. The Hall–Kier alpha value is -3.43. The third kappa shape index (κ3) is 7.92. The molecule has 1 aromatic carbocycles. The van der Waals surface area contributed by atoms with E-state index < -0.39 is 23.4 Å². The first-order valence-electron chi connectivity index (χ1n) is 15.4. The Kier molecular flexibility index (Phi) is 10.4. The van der Waals surface area contributed by atoms with Crippen molar-refractivity contribution in [3.63, 3.8) is 0 Å². The van der Waals surface area contributed by atoms with Crippen LogP contribution in [0.1, 0.15) is 56.3 Å². The fraction of sp³-hybridized carbons (Fsp3) is 0.548. The standard InChI is InChI=1S/C31H38F5N7O2S/c1-5-45-25(44)8-9-41-10-12-42(13-11-41)29-26(33)28(37-20(4)38-29)40-30-39-27(21-14-22(31(34,35)36)16-23(32)15-21)24(46-30)17-43-18(2)6-7-19(43)3/h14-16,18-19H,5-13,17H2,1-4H3,(H,37,38,39,40)/t18-,19-/m1/s1. The molecule has 3 aromatic rings. The summed E-state index contributed by atoms with van der Waals surface area (Å²) >= 11 is 1.17. The first kappa shape index (κ1) is 33.9. The predicted octanol–water partition coefficient (Wildman–Crippen LogP) is 6.40. The highest BCUT2D eigenvalue weighted by Crippen LogP contribution is 2.39. The van der Waals surface area contributed by atoms with Gasteiger partial charge in [0.05, 0.1) is 24.3 Å². The summed E-state index contributed by atoms with van der Waals surface area (Å²) in [6.45, 7) is 11.0. The zero-order valence-corrected chi connectivity index (χ0v) is 27.1. The lowest BCUT2D eigenvalue weighted by molar-refractivity contribution is -0.143. The quantitative estimate of drug-likeness (QED) is 0.195. The average Bonchev–Trinajstić information content (AvgIpc) is 3.55. The fourth-order valence-corrected chi connectivity index (χ4v) is 6.95.